The lowest BCUT2D eigenvalue weighted by Gasteiger charge is -2.33. The van der Waals surface area contributed by atoms with Crippen molar-refractivity contribution in [3.8, 4) is 0 Å². The second-order valence-electron chi connectivity index (χ2n) is 6.14. The molecule has 1 fully saturated rings. The van der Waals surface area contributed by atoms with Crippen molar-refractivity contribution in [3.63, 3.8) is 0 Å². The number of rotatable bonds is 4. The molecule has 0 unspecified atom stereocenters. The summed E-state index contributed by atoms with van der Waals surface area (Å²) in [4.78, 5) is 15.2. The van der Waals surface area contributed by atoms with E-state index in [0.717, 1.165) is 11.2 Å². The lowest BCUT2D eigenvalue weighted by Crippen LogP contribution is -2.29. The van der Waals surface area contributed by atoms with Gasteiger partial charge in [-0.15, -0.1) is 11.3 Å². The largest absolute Gasteiger partial charge is 0.379 e. The third-order valence-electron chi connectivity index (χ3n) is 4.42. The number of hydrogen-bond donors (Lipinski definition) is 1. The van der Waals surface area contributed by atoms with Crippen LogP contribution >= 0.6 is 11.3 Å². The second-order valence-corrected chi connectivity index (χ2v) is 7.03. The van der Waals surface area contributed by atoms with E-state index >= 15 is 0 Å². The third-order valence-corrected chi connectivity index (χ3v) is 5.22. The van der Waals surface area contributed by atoms with E-state index in [1.807, 2.05) is 12.1 Å². The van der Waals surface area contributed by atoms with Crippen LogP contribution in [-0.4, -0.2) is 16.5 Å². The first-order valence-electron chi connectivity index (χ1n) is 7.34. The number of aromatic nitrogens is 1. The summed E-state index contributed by atoms with van der Waals surface area (Å²) in [5, 5.41) is 14.7. The van der Waals surface area contributed by atoms with Crippen molar-refractivity contribution in [2.75, 3.05) is 11.9 Å². The van der Waals surface area contributed by atoms with E-state index in [1.54, 1.807) is 5.51 Å². The van der Waals surface area contributed by atoms with Crippen LogP contribution < -0.4 is 5.32 Å². The fourth-order valence-electron chi connectivity index (χ4n) is 3.14. The minimum absolute atomic E-state index is 0.105. The molecule has 0 saturated heterocycles. The molecule has 112 valence electrons. The van der Waals surface area contributed by atoms with Crippen LogP contribution in [0.2, 0.25) is 0 Å². The van der Waals surface area contributed by atoms with E-state index in [0.29, 0.717) is 11.2 Å². The summed E-state index contributed by atoms with van der Waals surface area (Å²) in [6.45, 7) is 3.05. The Morgan fingerprint density at radius 1 is 1.38 bits per heavy atom. The molecular weight excluding hydrogens is 286 g/mol. The Hall–Kier alpha value is -1.69. The number of fused-ring (bicyclic) bond motifs is 1. The second kappa shape index (κ2) is 5.60. The summed E-state index contributed by atoms with van der Waals surface area (Å²) in [5.41, 5.74) is 3.08. The van der Waals surface area contributed by atoms with Crippen LogP contribution in [0.1, 0.15) is 39.0 Å². The zero-order chi connectivity index (χ0) is 14.9. The summed E-state index contributed by atoms with van der Waals surface area (Å²) in [6.07, 6.45) is 6.19. The molecule has 0 aliphatic heterocycles. The number of hydrogen-bond acceptors (Lipinski definition) is 5. The number of benzene rings is 1. The SMILES string of the molecule is CC1(CNc2ccc3scnc3c2[N+](=O)[O-])CCCCC1. The van der Waals surface area contributed by atoms with Crippen LogP contribution in [0.3, 0.4) is 0 Å². The van der Waals surface area contributed by atoms with Gasteiger partial charge in [0, 0.05) is 6.54 Å². The van der Waals surface area contributed by atoms with Gasteiger partial charge in [0.2, 0.25) is 0 Å². The number of nitrogens with zero attached hydrogens (tertiary/aromatic N) is 2. The molecule has 6 heteroatoms. The van der Waals surface area contributed by atoms with Crippen molar-refractivity contribution in [2.24, 2.45) is 5.41 Å². The van der Waals surface area contributed by atoms with E-state index < -0.39 is 0 Å². The highest BCUT2D eigenvalue weighted by Gasteiger charge is 2.28. The monoisotopic (exact) mass is 305 g/mol. The minimum Gasteiger partial charge on any atom is -0.379 e. The van der Waals surface area contributed by atoms with Crippen LogP contribution in [0, 0.1) is 15.5 Å². The van der Waals surface area contributed by atoms with E-state index in [9.17, 15) is 10.1 Å². The summed E-state index contributed by atoms with van der Waals surface area (Å²) in [6, 6.07) is 3.72. The van der Waals surface area contributed by atoms with Gasteiger partial charge in [-0.2, -0.15) is 0 Å². The molecule has 1 aromatic carbocycles. The molecule has 0 bridgehead atoms. The van der Waals surface area contributed by atoms with Gasteiger partial charge in [0.1, 0.15) is 5.69 Å². The van der Waals surface area contributed by atoms with Crippen LogP contribution in [0.15, 0.2) is 17.6 Å². The van der Waals surface area contributed by atoms with E-state index in [4.69, 9.17) is 0 Å². The van der Waals surface area contributed by atoms with Gasteiger partial charge in [0.15, 0.2) is 5.52 Å². The smallest absolute Gasteiger partial charge is 0.319 e. The van der Waals surface area contributed by atoms with E-state index in [2.05, 4.69) is 17.2 Å². The molecule has 1 aliphatic carbocycles. The number of thiazole rings is 1. The maximum atomic E-state index is 11.4. The Balaban J connectivity index is 1.86. The molecular formula is C15H19N3O2S. The Morgan fingerprint density at radius 3 is 2.86 bits per heavy atom. The van der Waals surface area contributed by atoms with Gasteiger partial charge in [-0.05, 0) is 30.4 Å². The zero-order valence-corrected chi connectivity index (χ0v) is 12.9. The first-order chi connectivity index (χ1) is 10.1. The highest BCUT2D eigenvalue weighted by Crippen LogP contribution is 2.38. The zero-order valence-electron chi connectivity index (χ0n) is 12.1. The molecule has 5 nitrogen and oxygen atoms in total. The van der Waals surface area contributed by atoms with Crippen molar-refractivity contribution in [2.45, 2.75) is 39.0 Å². The molecule has 0 atom stereocenters. The molecule has 1 saturated carbocycles. The average Bonchev–Trinajstić information content (AvgIpc) is 2.93. The van der Waals surface area contributed by atoms with Crippen LogP contribution in [0.5, 0.6) is 0 Å². The van der Waals surface area contributed by atoms with Crippen molar-refractivity contribution < 1.29 is 4.92 Å². The lowest BCUT2D eigenvalue weighted by atomic mass is 9.76. The topological polar surface area (TPSA) is 68.1 Å². The predicted molar refractivity (Wildman–Crippen MR) is 86.0 cm³/mol. The highest BCUT2D eigenvalue weighted by atomic mass is 32.1. The molecule has 1 heterocycles. The number of nitro groups is 1. The molecule has 1 aliphatic rings. The first-order valence-corrected chi connectivity index (χ1v) is 8.21. The number of nitro benzene ring substituents is 1. The van der Waals surface area contributed by atoms with E-state index in [-0.39, 0.29) is 16.0 Å². The fourth-order valence-corrected chi connectivity index (χ4v) is 3.81. The van der Waals surface area contributed by atoms with Crippen LogP contribution in [0.25, 0.3) is 10.2 Å². The van der Waals surface area contributed by atoms with Gasteiger partial charge in [-0.25, -0.2) is 4.98 Å². The molecule has 0 radical (unpaired) electrons. The molecule has 21 heavy (non-hydrogen) atoms. The molecule has 1 N–H and O–H groups in total. The summed E-state index contributed by atoms with van der Waals surface area (Å²) < 4.78 is 0.858. The maximum Gasteiger partial charge on any atom is 0.319 e. The maximum absolute atomic E-state index is 11.4. The Bertz CT molecular complexity index is 662. The Kier molecular flexibility index (Phi) is 3.80. The van der Waals surface area contributed by atoms with Crippen molar-refractivity contribution in [1.82, 2.24) is 4.98 Å². The van der Waals surface area contributed by atoms with E-state index in [1.165, 1.54) is 43.4 Å². The average molecular weight is 305 g/mol. The predicted octanol–water partition coefficient (Wildman–Crippen LogP) is 4.59. The first kappa shape index (κ1) is 14.3. The van der Waals surface area contributed by atoms with Crippen molar-refractivity contribution in [3.05, 3.63) is 27.8 Å². The summed E-state index contributed by atoms with van der Waals surface area (Å²) in [5.74, 6) is 0. The lowest BCUT2D eigenvalue weighted by molar-refractivity contribution is -0.382. The Labute approximate surface area is 127 Å². The van der Waals surface area contributed by atoms with Gasteiger partial charge in [-0.3, -0.25) is 10.1 Å². The van der Waals surface area contributed by atoms with Gasteiger partial charge in [0.25, 0.3) is 0 Å². The summed E-state index contributed by atoms with van der Waals surface area (Å²) >= 11 is 1.43. The number of anilines is 1. The molecule has 2 aromatic rings. The van der Waals surface area contributed by atoms with Crippen molar-refractivity contribution >= 4 is 32.9 Å². The Morgan fingerprint density at radius 2 is 2.14 bits per heavy atom. The fraction of sp³-hybridized carbons (Fsp3) is 0.533. The van der Waals surface area contributed by atoms with Crippen LogP contribution in [0.4, 0.5) is 11.4 Å². The van der Waals surface area contributed by atoms with Gasteiger partial charge in [-0.1, -0.05) is 26.2 Å². The standard InChI is InChI=1S/C15H19N3O2S/c1-15(7-3-2-4-8-15)9-16-11-5-6-12-13(17-10-21-12)14(11)18(19)20/h5-6,10,16H,2-4,7-9H2,1H3. The molecule has 3 rings (SSSR count). The summed E-state index contributed by atoms with van der Waals surface area (Å²) in [7, 11) is 0. The van der Waals surface area contributed by atoms with Gasteiger partial charge in [0.05, 0.1) is 15.1 Å². The molecule has 1 aromatic heterocycles. The van der Waals surface area contributed by atoms with Crippen LogP contribution in [-0.2, 0) is 0 Å². The normalized spacial score (nSPS) is 17.8. The minimum atomic E-state index is -0.326. The third kappa shape index (κ3) is 2.85. The number of nitrogens with one attached hydrogen (secondary N) is 1. The van der Waals surface area contributed by atoms with Crippen molar-refractivity contribution in [1.29, 1.82) is 0 Å². The quantitative estimate of drug-likeness (QED) is 0.662. The highest BCUT2D eigenvalue weighted by molar-refractivity contribution is 7.16. The molecule has 0 spiro atoms. The van der Waals surface area contributed by atoms with Gasteiger partial charge >= 0.3 is 5.69 Å². The van der Waals surface area contributed by atoms with Gasteiger partial charge < -0.3 is 5.32 Å². The molecule has 0 amide bonds.